The normalized spacial score (nSPS) is 18.3. The summed E-state index contributed by atoms with van der Waals surface area (Å²) in [5.41, 5.74) is 6.85. The Morgan fingerprint density at radius 1 is 1.29 bits per heavy atom. The van der Waals surface area contributed by atoms with Crippen molar-refractivity contribution in [2.45, 2.75) is 25.7 Å². The molecule has 1 aromatic carbocycles. The van der Waals surface area contributed by atoms with Crippen LogP contribution in [0.15, 0.2) is 23.0 Å². The molecule has 2 fully saturated rings. The van der Waals surface area contributed by atoms with E-state index < -0.39 is 0 Å². The first kappa shape index (κ1) is 12.7. The van der Waals surface area contributed by atoms with E-state index in [1.807, 2.05) is 0 Å². The minimum Gasteiger partial charge on any atom is -0.399 e. The number of H-pyrrole nitrogens is 1. The second kappa shape index (κ2) is 4.76. The van der Waals surface area contributed by atoms with Crippen LogP contribution in [-0.2, 0) is 0 Å². The van der Waals surface area contributed by atoms with E-state index in [2.05, 4.69) is 15.3 Å². The van der Waals surface area contributed by atoms with Gasteiger partial charge in [0.2, 0.25) is 5.95 Å². The van der Waals surface area contributed by atoms with E-state index in [0.717, 1.165) is 24.3 Å². The zero-order valence-electron chi connectivity index (χ0n) is 11.9. The zero-order valence-corrected chi connectivity index (χ0v) is 11.9. The van der Waals surface area contributed by atoms with Crippen molar-refractivity contribution < 1.29 is 0 Å². The van der Waals surface area contributed by atoms with Crippen molar-refractivity contribution in [3.8, 4) is 0 Å². The van der Waals surface area contributed by atoms with Crippen LogP contribution in [0.3, 0.4) is 0 Å². The minimum atomic E-state index is -0.135. The predicted molar refractivity (Wildman–Crippen MR) is 84.2 cm³/mol. The van der Waals surface area contributed by atoms with Crippen LogP contribution in [0.25, 0.3) is 10.9 Å². The lowest BCUT2D eigenvalue weighted by Crippen LogP contribution is -2.21. The Morgan fingerprint density at radius 3 is 2.67 bits per heavy atom. The minimum absolute atomic E-state index is 0.135. The highest BCUT2D eigenvalue weighted by Crippen LogP contribution is 2.49. The van der Waals surface area contributed by atoms with Crippen LogP contribution in [0, 0.1) is 17.8 Å². The number of nitrogens with zero attached hydrogens (tertiary/aromatic N) is 1. The highest BCUT2D eigenvalue weighted by Gasteiger charge is 2.41. The largest absolute Gasteiger partial charge is 0.399 e. The summed E-state index contributed by atoms with van der Waals surface area (Å²) in [6.45, 7) is 0.915. The number of fused-ring (bicyclic) bond motifs is 1. The highest BCUT2D eigenvalue weighted by atomic mass is 16.1. The molecule has 2 aliphatic rings. The molecule has 0 radical (unpaired) electrons. The van der Waals surface area contributed by atoms with E-state index in [1.165, 1.54) is 25.7 Å². The van der Waals surface area contributed by atoms with E-state index in [9.17, 15) is 4.79 Å². The van der Waals surface area contributed by atoms with Gasteiger partial charge in [-0.2, -0.15) is 0 Å². The molecular formula is C16H20N4O. The lowest BCUT2D eigenvalue weighted by atomic mass is 9.98. The molecule has 5 heteroatoms. The van der Waals surface area contributed by atoms with E-state index in [1.54, 1.807) is 18.2 Å². The van der Waals surface area contributed by atoms with Crippen LogP contribution < -0.4 is 16.6 Å². The molecule has 0 spiro atoms. The van der Waals surface area contributed by atoms with Crippen LogP contribution >= 0.6 is 0 Å². The van der Waals surface area contributed by atoms with E-state index in [0.29, 0.717) is 22.5 Å². The fourth-order valence-corrected chi connectivity index (χ4v) is 3.22. The zero-order chi connectivity index (χ0) is 14.4. The fraction of sp³-hybridized carbons (Fsp3) is 0.500. The van der Waals surface area contributed by atoms with Gasteiger partial charge in [-0.15, -0.1) is 0 Å². The number of nitrogen functional groups attached to an aromatic ring is 1. The third-order valence-corrected chi connectivity index (χ3v) is 4.69. The van der Waals surface area contributed by atoms with Gasteiger partial charge in [0, 0.05) is 12.2 Å². The van der Waals surface area contributed by atoms with Crippen LogP contribution in [0.5, 0.6) is 0 Å². The molecular weight excluding hydrogens is 264 g/mol. The molecule has 0 bridgehead atoms. The first-order valence-corrected chi connectivity index (χ1v) is 7.74. The average Bonchev–Trinajstić information content (AvgIpc) is 3.34. The number of nitrogens with one attached hydrogen (secondary N) is 2. The molecule has 110 valence electrons. The summed E-state index contributed by atoms with van der Waals surface area (Å²) in [5, 5.41) is 3.88. The van der Waals surface area contributed by atoms with Crippen molar-refractivity contribution in [2.24, 2.45) is 17.8 Å². The first-order chi connectivity index (χ1) is 10.2. The van der Waals surface area contributed by atoms with Crippen LogP contribution in [0.4, 0.5) is 11.6 Å². The molecule has 0 amide bonds. The Hall–Kier alpha value is -2.04. The number of aromatic amines is 1. The summed E-state index contributed by atoms with van der Waals surface area (Å²) >= 11 is 0. The third-order valence-electron chi connectivity index (χ3n) is 4.69. The molecule has 0 aliphatic heterocycles. The van der Waals surface area contributed by atoms with Gasteiger partial charge < -0.3 is 11.1 Å². The summed E-state index contributed by atoms with van der Waals surface area (Å²) in [7, 11) is 0. The number of benzene rings is 1. The van der Waals surface area contributed by atoms with Crippen molar-refractivity contribution in [2.75, 3.05) is 17.6 Å². The summed E-state index contributed by atoms with van der Waals surface area (Å²) in [6, 6.07) is 5.24. The van der Waals surface area contributed by atoms with Gasteiger partial charge in [-0.05, 0) is 61.6 Å². The molecule has 5 nitrogen and oxygen atoms in total. The Labute approximate surface area is 123 Å². The molecule has 1 aromatic heterocycles. The molecule has 2 saturated carbocycles. The molecule has 4 N–H and O–H groups in total. The third kappa shape index (κ3) is 2.60. The smallest absolute Gasteiger partial charge is 0.260 e. The number of anilines is 2. The quantitative estimate of drug-likeness (QED) is 0.736. The van der Waals surface area contributed by atoms with E-state index >= 15 is 0 Å². The maximum absolute atomic E-state index is 12.1. The molecule has 2 aromatic rings. The predicted octanol–water partition coefficient (Wildman–Crippen LogP) is 2.35. The highest BCUT2D eigenvalue weighted by molar-refractivity contribution is 5.81. The van der Waals surface area contributed by atoms with Gasteiger partial charge in [-0.1, -0.05) is 0 Å². The molecule has 0 unspecified atom stereocenters. The second-order valence-corrected chi connectivity index (χ2v) is 6.41. The number of hydrogen-bond acceptors (Lipinski definition) is 4. The lowest BCUT2D eigenvalue weighted by Gasteiger charge is -2.16. The van der Waals surface area contributed by atoms with Crippen LogP contribution in [-0.4, -0.2) is 16.5 Å². The molecule has 0 saturated heterocycles. The van der Waals surface area contributed by atoms with Crippen molar-refractivity contribution >= 4 is 22.5 Å². The van der Waals surface area contributed by atoms with Crippen LogP contribution in [0.1, 0.15) is 25.7 Å². The Morgan fingerprint density at radius 2 is 2.00 bits per heavy atom. The average molecular weight is 284 g/mol. The van der Waals surface area contributed by atoms with Gasteiger partial charge in [0.25, 0.3) is 5.56 Å². The second-order valence-electron chi connectivity index (χ2n) is 6.41. The maximum Gasteiger partial charge on any atom is 0.260 e. The summed E-state index contributed by atoms with van der Waals surface area (Å²) in [4.78, 5) is 19.4. The first-order valence-electron chi connectivity index (χ1n) is 7.74. The summed E-state index contributed by atoms with van der Waals surface area (Å²) < 4.78 is 0. The van der Waals surface area contributed by atoms with Gasteiger partial charge in [0.1, 0.15) is 0 Å². The van der Waals surface area contributed by atoms with Gasteiger partial charge in [-0.25, -0.2) is 4.98 Å². The number of nitrogens with two attached hydrogens (primary N) is 1. The lowest BCUT2D eigenvalue weighted by molar-refractivity contribution is 0.427. The van der Waals surface area contributed by atoms with Crippen LogP contribution in [0.2, 0.25) is 0 Å². The van der Waals surface area contributed by atoms with E-state index in [4.69, 9.17) is 5.73 Å². The monoisotopic (exact) mass is 284 g/mol. The van der Waals surface area contributed by atoms with Crippen molar-refractivity contribution in [1.29, 1.82) is 0 Å². The van der Waals surface area contributed by atoms with Crippen molar-refractivity contribution in [3.63, 3.8) is 0 Å². The number of rotatable bonds is 5. The van der Waals surface area contributed by atoms with Gasteiger partial charge in [-0.3, -0.25) is 9.78 Å². The summed E-state index contributed by atoms with van der Waals surface area (Å²) in [5.74, 6) is 3.09. The SMILES string of the molecule is Nc1ccc2nc(NCC(C3CC3)C3CC3)[nH]c(=O)c2c1. The number of hydrogen-bond donors (Lipinski definition) is 3. The maximum atomic E-state index is 12.1. The topological polar surface area (TPSA) is 83.8 Å². The molecule has 4 rings (SSSR count). The Balaban J connectivity index is 1.56. The standard InChI is InChI=1S/C16H20N4O/c17-11-5-6-14-12(7-11)15(21)20-16(19-14)18-8-13(9-1-2-9)10-3-4-10/h5-7,9-10,13H,1-4,8,17H2,(H2,18,19,20,21). The molecule has 2 aliphatic carbocycles. The van der Waals surface area contributed by atoms with E-state index in [-0.39, 0.29) is 5.56 Å². The summed E-state index contributed by atoms with van der Waals surface area (Å²) in [6.07, 6.45) is 5.46. The van der Waals surface area contributed by atoms with Gasteiger partial charge in [0.15, 0.2) is 0 Å². The Bertz CT molecular complexity index is 719. The molecule has 21 heavy (non-hydrogen) atoms. The Kier molecular flexibility index (Phi) is 2.87. The fourth-order valence-electron chi connectivity index (χ4n) is 3.22. The van der Waals surface area contributed by atoms with Gasteiger partial charge in [0.05, 0.1) is 10.9 Å². The van der Waals surface area contributed by atoms with Crippen molar-refractivity contribution in [1.82, 2.24) is 9.97 Å². The van der Waals surface area contributed by atoms with Crippen molar-refractivity contribution in [3.05, 3.63) is 28.6 Å². The van der Waals surface area contributed by atoms with Gasteiger partial charge >= 0.3 is 0 Å². The molecule has 1 heterocycles. The molecule has 0 atom stereocenters. The number of aromatic nitrogens is 2.